The number of hydrogen-bond donors (Lipinski definition) is 1. The van der Waals surface area contributed by atoms with Crippen LogP contribution in [0.15, 0.2) is 36.7 Å². The number of nitrogens with one attached hydrogen (secondary N) is 1. The number of benzene rings is 1. The maximum Gasteiger partial charge on any atom is 0.274 e. The summed E-state index contributed by atoms with van der Waals surface area (Å²) < 4.78 is 0. The highest BCUT2D eigenvalue weighted by molar-refractivity contribution is 5.92. The van der Waals surface area contributed by atoms with Crippen LogP contribution in [0.1, 0.15) is 37.2 Å². The van der Waals surface area contributed by atoms with Crippen molar-refractivity contribution in [2.24, 2.45) is 0 Å². The number of nitrogens with zero attached hydrogens (tertiary/aromatic N) is 4. The molecule has 1 aromatic carbocycles. The Morgan fingerprint density at radius 3 is 2.32 bits per heavy atom. The molecule has 3 rings (SSSR count). The molecular formula is C19H25N5O. The summed E-state index contributed by atoms with van der Waals surface area (Å²) in [5.74, 6) is 0.545. The molecule has 1 N–H and O–H groups in total. The van der Waals surface area contributed by atoms with E-state index in [1.807, 2.05) is 26.0 Å². The number of hydrogen-bond acceptors (Lipinski definition) is 5. The van der Waals surface area contributed by atoms with Crippen molar-refractivity contribution < 1.29 is 4.79 Å². The van der Waals surface area contributed by atoms with Crippen molar-refractivity contribution in [1.29, 1.82) is 0 Å². The first kappa shape index (κ1) is 17.2. The second-order valence-electron chi connectivity index (χ2n) is 6.13. The van der Waals surface area contributed by atoms with Crippen molar-refractivity contribution in [2.75, 3.05) is 36.4 Å². The van der Waals surface area contributed by atoms with E-state index in [1.165, 1.54) is 24.7 Å². The average molecular weight is 339 g/mol. The van der Waals surface area contributed by atoms with E-state index < -0.39 is 0 Å². The molecule has 1 aliphatic heterocycles. The minimum absolute atomic E-state index is 0.0842. The van der Waals surface area contributed by atoms with Crippen LogP contribution < -0.4 is 10.2 Å². The summed E-state index contributed by atoms with van der Waals surface area (Å²) >= 11 is 0. The number of amides is 1. The van der Waals surface area contributed by atoms with E-state index in [2.05, 4.69) is 32.3 Å². The minimum atomic E-state index is -0.0842. The molecular weight excluding hydrogens is 314 g/mol. The van der Waals surface area contributed by atoms with Crippen molar-refractivity contribution in [1.82, 2.24) is 14.9 Å². The standard InChI is InChI=1S/C19H25N5O/c1-3-23(4-2)19(25)17-13-21-18(14-20-17)22-15-7-9-16(10-8-15)24-11-5-6-12-24/h7-10,13-14H,3-6,11-12H2,1-2H3,(H,21,22). The third-order valence-corrected chi connectivity index (χ3v) is 4.53. The van der Waals surface area contributed by atoms with Gasteiger partial charge in [-0.25, -0.2) is 9.97 Å². The molecule has 1 fully saturated rings. The van der Waals surface area contributed by atoms with Gasteiger partial charge in [0.05, 0.1) is 12.4 Å². The molecule has 1 amide bonds. The van der Waals surface area contributed by atoms with Crippen molar-refractivity contribution in [2.45, 2.75) is 26.7 Å². The van der Waals surface area contributed by atoms with E-state index in [-0.39, 0.29) is 5.91 Å². The van der Waals surface area contributed by atoms with Crippen LogP contribution >= 0.6 is 0 Å². The van der Waals surface area contributed by atoms with Crippen LogP contribution in [0.4, 0.5) is 17.2 Å². The fourth-order valence-electron chi connectivity index (χ4n) is 3.05. The molecule has 0 unspecified atom stereocenters. The van der Waals surface area contributed by atoms with Gasteiger partial charge < -0.3 is 15.1 Å². The average Bonchev–Trinajstić information content (AvgIpc) is 3.18. The van der Waals surface area contributed by atoms with Crippen molar-refractivity contribution >= 4 is 23.1 Å². The van der Waals surface area contributed by atoms with Gasteiger partial charge in [-0.1, -0.05) is 0 Å². The van der Waals surface area contributed by atoms with Crippen LogP contribution in [0.3, 0.4) is 0 Å². The molecule has 1 saturated heterocycles. The van der Waals surface area contributed by atoms with Gasteiger partial charge in [0.25, 0.3) is 5.91 Å². The second kappa shape index (κ2) is 7.96. The highest BCUT2D eigenvalue weighted by Gasteiger charge is 2.14. The quantitative estimate of drug-likeness (QED) is 0.875. The lowest BCUT2D eigenvalue weighted by molar-refractivity contribution is 0.0766. The Morgan fingerprint density at radius 1 is 1.08 bits per heavy atom. The summed E-state index contributed by atoms with van der Waals surface area (Å²) in [6.07, 6.45) is 5.68. The maximum atomic E-state index is 12.2. The van der Waals surface area contributed by atoms with E-state index in [0.29, 0.717) is 24.6 Å². The van der Waals surface area contributed by atoms with E-state index in [9.17, 15) is 4.79 Å². The first-order valence-electron chi connectivity index (χ1n) is 8.94. The predicted molar refractivity (Wildman–Crippen MR) is 100 cm³/mol. The normalized spacial score (nSPS) is 13.8. The molecule has 0 spiro atoms. The summed E-state index contributed by atoms with van der Waals surface area (Å²) in [7, 11) is 0. The first-order chi connectivity index (χ1) is 12.2. The zero-order chi connectivity index (χ0) is 17.6. The highest BCUT2D eigenvalue weighted by Crippen LogP contribution is 2.23. The summed E-state index contributed by atoms with van der Waals surface area (Å²) in [6.45, 7) is 7.52. The number of carbonyl (C=O) groups is 1. The minimum Gasteiger partial charge on any atom is -0.372 e. The molecule has 6 nitrogen and oxygen atoms in total. The zero-order valence-corrected chi connectivity index (χ0v) is 14.9. The van der Waals surface area contributed by atoms with Crippen LogP contribution in [-0.2, 0) is 0 Å². The molecule has 1 aromatic heterocycles. The summed E-state index contributed by atoms with van der Waals surface area (Å²) in [6, 6.07) is 8.34. The first-order valence-corrected chi connectivity index (χ1v) is 8.94. The molecule has 25 heavy (non-hydrogen) atoms. The Kier molecular flexibility index (Phi) is 5.48. The predicted octanol–water partition coefficient (Wildman–Crippen LogP) is 3.30. The van der Waals surface area contributed by atoms with Crippen LogP contribution in [0.25, 0.3) is 0 Å². The molecule has 0 aliphatic carbocycles. The largest absolute Gasteiger partial charge is 0.372 e. The molecule has 6 heteroatoms. The van der Waals surface area contributed by atoms with E-state index >= 15 is 0 Å². The van der Waals surface area contributed by atoms with Gasteiger partial charge in [-0.3, -0.25) is 4.79 Å². The van der Waals surface area contributed by atoms with Gasteiger partial charge in [0.1, 0.15) is 11.5 Å². The maximum absolute atomic E-state index is 12.2. The Bertz CT molecular complexity index is 689. The Morgan fingerprint density at radius 2 is 1.76 bits per heavy atom. The van der Waals surface area contributed by atoms with Gasteiger partial charge >= 0.3 is 0 Å². The van der Waals surface area contributed by atoms with Gasteiger partial charge in [-0.05, 0) is 51.0 Å². The summed E-state index contributed by atoms with van der Waals surface area (Å²) in [4.78, 5) is 24.9. The number of carbonyl (C=O) groups excluding carboxylic acids is 1. The zero-order valence-electron chi connectivity index (χ0n) is 14.9. The molecule has 2 heterocycles. The number of anilines is 3. The number of rotatable bonds is 6. The van der Waals surface area contributed by atoms with Gasteiger partial charge in [0.2, 0.25) is 0 Å². The van der Waals surface area contributed by atoms with Crippen molar-refractivity contribution in [3.8, 4) is 0 Å². The Balaban J connectivity index is 1.64. The molecule has 132 valence electrons. The van der Waals surface area contributed by atoms with E-state index in [1.54, 1.807) is 11.1 Å². The van der Waals surface area contributed by atoms with Gasteiger partial charge in [-0.2, -0.15) is 0 Å². The lowest BCUT2D eigenvalue weighted by atomic mass is 10.2. The third-order valence-electron chi connectivity index (χ3n) is 4.53. The summed E-state index contributed by atoms with van der Waals surface area (Å²) in [5, 5.41) is 3.23. The lowest BCUT2D eigenvalue weighted by Gasteiger charge is -2.18. The smallest absolute Gasteiger partial charge is 0.274 e. The topological polar surface area (TPSA) is 61.4 Å². The Labute approximate surface area is 148 Å². The van der Waals surface area contributed by atoms with Crippen LogP contribution in [0, 0.1) is 0 Å². The fourth-order valence-corrected chi connectivity index (χ4v) is 3.05. The highest BCUT2D eigenvalue weighted by atomic mass is 16.2. The number of aromatic nitrogens is 2. The van der Waals surface area contributed by atoms with Crippen LogP contribution in [0.5, 0.6) is 0 Å². The SMILES string of the molecule is CCN(CC)C(=O)c1cnc(Nc2ccc(N3CCCC3)cc2)cn1. The van der Waals surface area contributed by atoms with Crippen molar-refractivity contribution in [3.63, 3.8) is 0 Å². The molecule has 0 radical (unpaired) electrons. The van der Waals surface area contributed by atoms with Crippen molar-refractivity contribution in [3.05, 3.63) is 42.4 Å². The van der Waals surface area contributed by atoms with Crippen LogP contribution in [-0.4, -0.2) is 47.0 Å². The van der Waals surface area contributed by atoms with Gasteiger partial charge in [0, 0.05) is 37.6 Å². The molecule has 0 saturated carbocycles. The monoisotopic (exact) mass is 339 g/mol. The van der Waals surface area contributed by atoms with Crippen LogP contribution in [0.2, 0.25) is 0 Å². The van der Waals surface area contributed by atoms with E-state index in [0.717, 1.165) is 18.8 Å². The molecule has 0 bridgehead atoms. The summed E-state index contributed by atoms with van der Waals surface area (Å²) in [5.41, 5.74) is 2.59. The fraction of sp³-hybridized carbons (Fsp3) is 0.421. The van der Waals surface area contributed by atoms with Gasteiger partial charge in [0.15, 0.2) is 0 Å². The molecule has 1 aliphatic rings. The third kappa shape index (κ3) is 4.07. The molecule has 2 aromatic rings. The second-order valence-corrected chi connectivity index (χ2v) is 6.13. The Hall–Kier alpha value is -2.63. The molecule has 0 atom stereocenters. The van der Waals surface area contributed by atoms with E-state index in [4.69, 9.17) is 0 Å². The lowest BCUT2D eigenvalue weighted by Crippen LogP contribution is -2.31. The van der Waals surface area contributed by atoms with Gasteiger partial charge in [-0.15, -0.1) is 0 Å².